The second kappa shape index (κ2) is 12.6. The minimum absolute atomic E-state index is 0.0177. The molecule has 20 heavy (non-hydrogen) atoms. The summed E-state index contributed by atoms with van der Waals surface area (Å²) in [6.07, 6.45) is 15.8. The van der Waals surface area contributed by atoms with Crippen LogP contribution >= 0.6 is 0 Å². The first kappa shape index (κ1) is 19.9. The molecular weight excluding hydrogens is 246 g/mol. The molecule has 2 heteroatoms. The van der Waals surface area contributed by atoms with Gasteiger partial charge in [0.1, 0.15) is 0 Å². The number of ether oxygens (including phenoxy) is 1. The Hall–Kier alpha value is -0.0800. The summed E-state index contributed by atoms with van der Waals surface area (Å²) in [5.41, 5.74) is 6.16. The smallest absolute Gasteiger partial charge is 0.0623 e. The second-order valence-electron chi connectivity index (χ2n) is 6.88. The maximum atomic E-state index is 6.18. The minimum Gasteiger partial charge on any atom is -0.379 e. The van der Waals surface area contributed by atoms with E-state index in [2.05, 4.69) is 20.8 Å². The summed E-state index contributed by atoms with van der Waals surface area (Å²) in [5.74, 6) is 0. The van der Waals surface area contributed by atoms with E-state index in [9.17, 15) is 0 Å². The van der Waals surface area contributed by atoms with E-state index in [1.54, 1.807) is 7.11 Å². The van der Waals surface area contributed by atoms with Crippen LogP contribution in [0.3, 0.4) is 0 Å². The summed E-state index contributed by atoms with van der Waals surface area (Å²) in [5, 5.41) is 0. The zero-order chi connectivity index (χ0) is 15.3. The monoisotopic (exact) mass is 285 g/mol. The lowest BCUT2D eigenvalue weighted by molar-refractivity contribution is 0.0123. The fourth-order valence-electron chi connectivity index (χ4n) is 2.50. The lowest BCUT2D eigenvalue weighted by Crippen LogP contribution is -2.28. The van der Waals surface area contributed by atoms with E-state index < -0.39 is 0 Å². The van der Waals surface area contributed by atoms with Crippen LogP contribution < -0.4 is 5.73 Å². The van der Waals surface area contributed by atoms with Crippen LogP contribution in [0.1, 0.15) is 97.8 Å². The van der Waals surface area contributed by atoms with Gasteiger partial charge < -0.3 is 10.5 Å². The number of nitrogens with two attached hydrogens (primary N) is 1. The Balaban J connectivity index is 3.29. The van der Waals surface area contributed by atoms with Gasteiger partial charge in [-0.05, 0) is 33.1 Å². The highest BCUT2D eigenvalue weighted by Gasteiger charge is 2.17. The standard InChI is InChI=1S/C18H39NO/c1-5-6-7-8-9-10-11-12-13-14-17(19)15-16-18(2,3)20-4/h17H,5-16,19H2,1-4H3. The van der Waals surface area contributed by atoms with Crippen molar-refractivity contribution in [2.75, 3.05) is 7.11 Å². The van der Waals surface area contributed by atoms with Gasteiger partial charge in [0.15, 0.2) is 0 Å². The van der Waals surface area contributed by atoms with E-state index in [0.717, 1.165) is 12.8 Å². The van der Waals surface area contributed by atoms with Crippen molar-refractivity contribution in [2.24, 2.45) is 5.73 Å². The molecule has 0 fully saturated rings. The van der Waals surface area contributed by atoms with Gasteiger partial charge in [-0.3, -0.25) is 0 Å². The molecular formula is C18H39NO. The Morgan fingerprint density at radius 3 is 1.85 bits per heavy atom. The van der Waals surface area contributed by atoms with E-state index in [-0.39, 0.29) is 5.60 Å². The summed E-state index contributed by atoms with van der Waals surface area (Å²) in [6.45, 7) is 6.55. The van der Waals surface area contributed by atoms with Crippen molar-refractivity contribution in [2.45, 2.75) is 109 Å². The number of methoxy groups -OCH3 is 1. The number of hydrogen-bond donors (Lipinski definition) is 1. The van der Waals surface area contributed by atoms with E-state index >= 15 is 0 Å². The average Bonchev–Trinajstić information content (AvgIpc) is 2.43. The summed E-state index contributed by atoms with van der Waals surface area (Å²) < 4.78 is 5.43. The molecule has 0 aromatic heterocycles. The number of rotatable bonds is 14. The third kappa shape index (κ3) is 12.9. The maximum Gasteiger partial charge on any atom is 0.0623 e. The van der Waals surface area contributed by atoms with Gasteiger partial charge >= 0.3 is 0 Å². The van der Waals surface area contributed by atoms with E-state index in [0.29, 0.717) is 6.04 Å². The molecule has 0 bridgehead atoms. The molecule has 0 saturated heterocycles. The minimum atomic E-state index is -0.0177. The van der Waals surface area contributed by atoms with Gasteiger partial charge in [-0.25, -0.2) is 0 Å². The van der Waals surface area contributed by atoms with Crippen LogP contribution in [0.5, 0.6) is 0 Å². The van der Waals surface area contributed by atoms with Gasteiger partial charge in [-0.1, -0.05) is 64.7 Å². The van der Waals surface area contributed by atoms with Gasteiger partial charge in [0.05, 0.1) is 5.60 Å². The van der Waals surface area contributed by atoms with Crippen molar-refractivity contribution in [1.82, 2.24) is 0 Å². The summed E-state index contributed by atoms with van der Waals surface area (Å²) >= 11 is 0. The van der Waals surface area contributed by atoms with Crippen molar-refractivity contribution >= 4 is 0 Å². The lowest BCUT2D eigenvalue weighted by atomic mass is 9.96. The second-order valence-corrected chi connectivity index (χ2v) is 6.88. The average molecular weight is 286 g/mol. The molecule has 2 nitrogen and oxygen atoms in total. The highest BCUT2D eigenvalue weighted by molar-refractivity contribution is 4.72. The van der Waals surface area contributed by atoms with E-state index in [4.69, 9.17) is 10.5 Å². The Morgan fingerprint density at radius 2 is 1.35 bits per heavy atom. The van der Waals surface area contributed by atoms with Gasteiger partial charge in [-0.15, -0.1) is 0 Å². The van der Waals surface area contributed by atoms with Crippen LogP contribution in [0.4, 0.5) is 0 Å². The van der Waals surface area contributed by atoms with Gasteiger partial charge in [0, 0.05) is 13.2 Å². The van der Waals surface area contributed by atoms with Crippen LogP contribution in [-0.4, -0.2) is 18.8 Å². The van der Waals surface area contributed by atoms with Crippen molar-refractivity contribution in [3.8, 4) is 0 Å². The zero-order valence-electron chi connectivity index (χ0n) is 14.5. The predicted octanol–water partition coefficient (Wildman–Crippen LogP) is 5.44. The molecule has 0 heterocycles. The molecule has 0 rings (SSSR count). The largest absolute Gasteiger partial charge is 0.379 e. The third-order valence-electron chi connectivity index (χ3n) is 4.35. The van der Waals surface area contributed by atoms with E-state index in [1.165, 1.54) is 64.2 Å². The van der Waals surface area contributed by atoms with Gasteiger partial charge in [0.2, 0.25) is 0 Å². The molecule has 0 aromatic carbocycles. The SMILES string of the molecule is CCCCCCCCCCCC(N)CCC(C)(C)OC. The molecule has 0 aliphatic rings. The molecule has 0 radical (unpaired) electrons. The van der Waals surface area contributed by atoms with Crippen molar-refractivity contribution < 1.29 is 4.74 Å². The first-order valence-electron chi connectivity index (χ1n) is 8.82. The van der Waals surface area contributed by atoms with Gasteiger partial charge in [-0.2, -0.15) is 0 Å². The molecule has 2 N–H and O–H groups in total. The molecule has 0 aliphatic heterocycles. The number of unbranched alkanes of at least 4 members (excludes halogenated alkanes) is 8. The third-order valence-corrected chi connectivity index (χ3v) is 4.35. The predicted molar refractivity (Wildman–Crippen MR) is 90.1 cm³/mol. The van der Waals surface area contributed by atoms with Crippen LogP contribution in [0.2, 0.25) is 0 Å². The molecule has 1 unspecified atom stereocenters. The zero-order valence-corrected chi connectivity index (χ0v) is 14.5. The Kier molecular flexibility index (Phi) is 12.6. The van der Waals surface area contributed by atoms with Crippen LogP contribution in [0.25, 0.3) is 0 Å². The maximum absolute atomic E-state index is 6.18. The Morgan fingerprint density at radius 1 is 0.850 bits per heavy atom. The van der Waals surface area contributed by atoms with Crippen LogP contribution in [-0.2, 0) is 4.74 Å². The topological polar surface area (TPSA) is 35.2 Å². The van der Waals surface area contributed by atoms with Gasteiger partial charge in [0.25, 0.3) is 0 Å². The Bertz CT molecular complexity index is 204. The fourth-order valence-corrected chi connectivity index (χ4v) is 2.50. The quantitative estimate of drug-likeness (QED) is 0.431. The van der Waals surface area contributed by atoms with Crippen LogP contribution in [0, 0.1) is 0 Å². The highest BCUT2D eigenvalue weighted by atomic mass is 16.5. The first-order chi connectivity index (χ1) is 9.52. The summed E-state index contributed by atoms with van der Waals surface area (Å²) in [6, 6.07) is 0.356. The summed E-state index contributed by atoms with van der Waals surface area (Å²) in [4.78, 5) is 0. The molecule has 0 aliphatic carbocycles. The van der Waals surface area contributed by atoms with Crippen molar-refractivity contribution in [3.05, 3.63) is 0 Å². The van der Waals surface area contributed by atoms with Crippen molar-refractivity contribution in [1.29, 1.82) is 0 Å². The van der Waals surface area contributed by atoms with E-state index in [1.807, 2.05) is 0 Å². The summed E-state index contributed by atoms with van der Waals surface area (Å²) in [7, 11) is 1.78. The molecule has 0 spiro atoms. The lowest BCUT2D eigenvalue weighted by Gasteiger charge is -2.24. The molecule has 0 saturated carbocycles. The normalized spacial score (nSPS) is 13.7. The Labute approximate surface area is 127 Å². The highest BCUT2D eigenvalue weighted by Crippen LogP contribution is 2.18. The molecule has 1 atom stereocenters. The fraction of sp³-hybridized carbons (Fsp3) is 1.00. The molecule has 0 aromatic rings. The first-order valence-corrected chi connectivity index (χ1v) is 8.82. The van der Waals surface area contributed by atoms with Crippen LogP contribution in [0.15, 0.2) is 0 Å². The number of hydrogen-bond acceptors (Lipinski definition) is 2. The molecule has 0 amide bonds. The molecule has 122 valence electrons. The van der Waals surface area contributed by atoms with Crippen molar-refractivity contribution in [3.63, 3.8) is 0 Å².